The number of halogens is 1. The number of carboxylic acid groups (broad SMARTS) is 1. The highest BCUT2D eigenvalue weighted by atomic mass is 19.1. The molecule has 0 bridgehead atoms. The number of hydrogen-bond donors (Lipinski definition) is 1. The Morgan fingerprint density at radius 1 is 1.60 bits per heavy atom. The van der Waals surface area contributed by atoms with E-state index in [1.54, 1.807) is 0 Å². The third-order valence-corrected chi connectivity index (χ3v) is 2.68. The summed E-state index contributed by atoms with van der Waals surface area (Å²) in [5, 5.41) is 8.98. The molecule has 0 spiro atoms. The molecule has 0 amide bonds. The number of carboxylic acids is 1. The second-order valence-corrected chi connectivity index (χ2v) is 3.89. The van der Waals surface area contributed by atoms with Gasteiger partial charge in [0.05, 0.1) is 0 Å². The topological polar surface area (TPSA) is 46.5 Å². The van der Waals surface area contributed by atoms with E-state index >= 15 is 0 Å². The quantitative estimate of drug-likeness (QED) is 0.771. The summed E-state index contributed by atoms with van der Waals surface area (Å²) in [5.74, 6) is -0.846. The largest absolute Gasteiger partial charge is 0.478 e. The molecule has 4 heteroatoms. The number of aryl methyl sites for hydroxylation is 1. The normalized spacial score (nSPS) is 24.1. The molecular weight excluding hydrogens is 199 g/mol. The van der Waals surface area contributed by atoms with Crippen LogP contribution in [-0.4, -0.2) is 16.7 Å². The summed E-state index contributed by atoms with van der Waals surface area (Å²) in [6.45, 7) is 1.53. The van der Waals surface area contributed by atoms with Crippen LogP contribution in [0, 0.1) is 5.82 Å². The van der Waals surface area contributed by atoms with Crippen molar-refractivity contribution in [3.63, 3.8) is 0 Å². The van der Waals surface area contributed by atoms with E-state index in [0.29, 0.717) is 18.6 Å². The van der Waals surface area contributed by atoms with Crippen LogP contribution in [0.2, 0.25) is 0 Å². The Kier molecular flexibility index (Phi) is 2.14. The van der Waals surface area contributed by atoms with Crippen LogP contribution in [0.4, 0.5) is 4.39 Å². The molecule has 0 fully saturated rings. The number of ether oxygens (including phenoxy) is 1. The molecule has 1 unspecified atom stereocenters. The summed E-state index contributed by atoms with van der Waals surface area (Å²) in [6, 6.07) is 4.13. The third-order valence-electron chi connectivity index (χ3n) is 2.68. The zero-order valence-electron chi connectivity index (χ0n) is 8.29. The molecule has 0 aromatic heterocycles. The Labute approximate surface area is 86.5 Å². The molecule has 1 aliphatic rings. The van der Waals surface area contributed by atoms with E-state index < -0.39 is 11.6 Å². The standard InChI is InChI=1S/C11H11FO3/c1-11(10(13)14)5-4-7-6-8(12)2-3-9(7)15-11/h2-3,6H,4-5H2,1H3,(H,13,14). The summed E-state index contributed by atoms with van der Waals surface area (Å²) in [4.78, 5) is 11.0. The van der Waals surface area contributed by atoms with Crippen molar-refractivity contribution in [1.82, 2.24) is 0 Å². The van der Waals surface area contributed by atoms with Gasteiger partial charge in [-0.1, -0.05) is 0 Å². The summed E-state index contributed by atoms with van der Waals surface area (Å²) in [7, 11) is 0. The van der Waals surface area contributed by atoms with Gasteiger partial charge in [-0.3, -0.25) is 0 Å². The molecule has 1 aromatic carbocycles. The van der Waals surface area contributed by atoms with E-state index in [1.165, 1.54) is 25.1 Å². The number of fused-ring (bicyclic) bond motifs is 1. The van der Waals surface area contributed by atoms with Crippen LogP contribution in [-0.2, 0) is 11.2 Å². The first kappa shape index (κ1) is 9.96. The molecule has 0 radical (unpaired) electrons. The first-order chi connectivity index (χ1) is 7.01. The zero-order valence-corrected chi connectivity index (χ0v) is 8.29. The van der Waals surface area contributed by atoms with Gasteiger partial charge in [-0.2, -0.15) is 0 Å². The van der Waals surface area contributed by atoms with Gasteiger partial charge in [0.25, 0.3) is 0 Å². The first-order valence-corrected chi connectivity index (χ1v) is 4.72. The summed E-state index contributed by atoms with van der Waals surface area (Å²) < 4.78 is 18.2. The average Bonchev–Trinajstić information content (AvgIpc) is 2.18. The summed E-state index contributed by atoms with van der Waals surface area (Å²) in [6.07, 6.45) is 0.884. The molecule has 1 atom stereocenters. The second-order valence-electron chi connectivity index (χ2n) is 3.89. The van der Waals surface area contributed by atoms with Crippen LogP contribution >= 0.6 is 0 Å². The van der Waals surface area contributed by atoms with Crippen molar-refractivity contribution < 1.29 is 19.0 Å². The Bertz CT molecular complexity index is 416. The first-order valence-electron chi connectivity index (χ1n) is 4.72. The molecule has 0 saturated carbocycles. The highest BCUT2D eigenvalue weighted by Gasteiger charge is 2.38. The molecule has 1 aliphatic heterocycles. The minimum atomic E-state index is -1.19. The Balaban J connectivity index is 2.35. The lowest BCUT2D eigenvalue weighted by molar-refractivity contribution is -0.155. The molecule has 0 aliphatic carbocycles. The monoisotopic (exact) mass is 210 g/mol. The van der Waals surface area contributed by atoms with Crippen molar-refractivity contribution in [2.24, 2.45) is 0 Å². The Morgan fingerprint density at radius 2 is 2.33 bits per heavy atom. The lowest BCUT2D eigenvalue weighted by atomic mass is 9.93. The average molecular weight is 210 g/mol. The molecule has 1 heterocycles. The fraction of sp³-hybridized carbons (Fsp3) is 0.364. The van der Waals surface area contributed by atoms with Crippen LogP contribution in [0.1, 0.15) is 18.9 Å². The van der Waals surface area contributed by atoms with Gasteiger partial charge in [0.1, 0.15) is 11.6 Å². The second kappa shape index (κ2) is 3.22. The molecule has 1 aromatic rings. The summed E-state index contributed by atoms with van der Waals surface area (Å²) >= 11 is 0. The fourth-order valence-corrected chi connectivity index (χ4v) is 1.66. The SMILES string of the molecule is CC1(C(=O)O)CCc2cc(F)ccc2O1. The summed E-state index contributed by atoms with van der Waals surface area (Å²) in [5.41, 5.74) is -0.459. The highest BCUT2D eigenvalue weighted by molar-refractivity contribution is 5.78. The molecule has 2 rings (SSSR count). The minimum Gasteiger partial charge on any atom is -0.478 e. The molecular formula is C11H11FO3. The maximum Gasteiger partial charge on any atom is 0.347 e. The van der Waals surface area contributed by atoms with Crippen molar-refractivity contribution in [2.45, 2.75) is 25.4 Å². The van der Waals surface area contributed by atoms with Gasteiger partial charge in [-0.25, -0.2) is 9.18 Å². The number of carbonyl (C=O) groups is 1. The van der Waals surface area contributed by atoms with Gasteiger partial charge in [-0.15, -0.1) is 0 Å². The maximum atomic E-state index is 12.9. The van der Waals surface area contributed by atoms with E-state index in [0.717, 1.165) is 5.56 Å². The van der Waals surface area contributed by atoms with Gasteiger partial charge >= 0.3 is 5.97 Å². The number of aliphatic carboxylic acids is 1. The van der Waals surface area contributed by atoms with Crippen LogP contribution in [0.25, 0.3) is 0 Å². The van der Waals surface area contributed by atoms with Crippen molar-refractivity contribution in [3.8, 4) is 5.75 Å². The van der Waals surface area contributed by atoms with Gasteiger partial charge in [0, 0.05) is 6.42 Å². The molecule has 3 nitrogen and oxygen atoms in total. The van der Waals surface area contributed by atoms with E-state index in [9.17, 15) is 9.18 Å². The Morgan fingerprint density at radius 3 is 3.00 bits per heavy atom. The third kappa shape index (κ3) is 1.67. The molecule has 80 valence electrons. The van der Waals surface area contributed by atoms with Crippen LogP contribution in [0.5, 0.6) is 5.75 Å². The van der Waals surface area contributed by atoms with E-state index in [1.807, 2.05) is 0 Å². The number of rotatable bonds is 1. The lowest BCUT2D eigenvalue weighted by Crippen LogP contribution is -2.44. The van der Waals surface area contributed by atoms with E-state index in [-0.39, 0.29) is 5.82 Å². The minimum absolute atomic E-state index is 0.323. The lowest BCUT2D eigenvalue weighted by Gasteiger charge is -2.31. The number of hydrogen-bond acceptors (Lipinski definition) is 2. The smallest absolute Gasteiger partial charge is 0.347 e. The predicted octanol–water partition coefficient (Wildman–Crippen LogP) is 1.99. The van der Waals surface area contributed by atoms with E-state index in [4.69, 9.17) is 9.84 Å². The van der Waals surface area contributed by atoms with E-state index in [2.05, 4.69) is 0 Å². The van der Waals surface area contributed by atoms with Gasteiger partial charge < -0.3 is 9.84 Å². The number of benzene rings is 1. The van der Waals surface area contributed by atoms with Crippen molar-refractivity contribution in [3.05, 3.63) is 29.6 Å². The van der Waals surface area contributed by atoms with Crippen molar-refractivity contribution >= 4 is 5.97 Å². The molecule has 15 heavy (non-hydrogen) atoms. The van der Waals surface area contributed by atoms with Gasteiger partial charge in [-0.05, 0) is 37.1 Å². The fourth-order valence-electron chi connectivity index (χ4n) is 1.66. The van der Waals surface area contributed by atoms with Crippen LogP contribution in [0.15, 0.2) is 18.2 Å². The molecule has 0 saturated heterocycles. The van der Waals surface area contributed by atoms with Crippen LogP contribution in [0.3, 0.4) is 0 Å². The highest BCUT2D eigenvalue weighted by Crippen LogP contribution is 2.33. The van der Waals surface area contributed by atoms with Crippen molar-refractivity contribution in [2.75, 3.05) is 0 Å². The predicted molar refractivity (Wildman–Crippen MR) is 51.4 cm³/mol. The van der Waals surface area contributed by atoms with Gasteiger partial charge in [0.15, 0.2) is 0 Å². The van der Waals surface area contributed by atoms with Crippen LogP contribution < -0.4 is 4.74 Å². The van der Waals surface area contributed by atoms with Crippen molar-refractivity contribution in [1.29, 1.82) is 0 Å². The maximum absolute atomic E-state index is 12.9. The molecule has 1 N–H and O–H groups in total. The zero-order chi connectivity index (χ0) is 11.1. The van der Waals surface area contributed by atoms with Gasteiger partial charge in [0.2, 0.25) is 5.60 Å². The Hall–Kier alpha value is -1.58.